The van der Waals surface area contributed by atoms with Crippen LogP contribution in [0.4, 0.5) is 0 Å². The van der Waals surface area contributed by atoms with E-state index in [1.165, 1.54) is 0 Å². The maximum Gasteiger partial charge on any atom is 0.0478 e. The molecule has 0 amide bonds. The second-order valence-corrected chi connectivity index (χ2v) is 3.77. The average molecular weight is 203 g/mol. The van der Waals surface area contributed by atoms with Crippen molar-refractivity contribution in [3.8, 4) is 0 Å². The maximum atomic E-state index is 5.47. The predicted molar refractivity (Wildman–Crippen MR) is 59.7 cm³/mol. The third-order valence-corrected chi connectivity index (χ3v) is 1.91. The Morgan fingerprint density at radius 2 is 1.64 bits per heavy atom. The van der Waals surface area contributed by atoms with Crippen molar-refractivity contribution >= 4 is 0 Å². The summed E-state index contributed by atoms with van der Waals surface area (Å²) in [6, 6.07) is 0.580. The Balaban J connectivity index is 2.85. The first-order valence-electron chi connectivity index (χ1n) is 5.57. The fraction of sp³-hybridized carbons (Fsp3) is 1.00. The van der Waals surface area contributed by atoms with Gasteiger partial charge in [0.15, 0.2) is 0 Å². The highest BCUT2D eigenvalue weighted by atomic mass is 16.5. The van der Waals surface area contributed by atoms with Gasteiger partial charge >= 0.3 is 0 Å². The van der Waals surface area contributed by atoms with Crippen LogP contribution >= 0.6 is 0 Å². The van der Waals surface area contributed by atoms with Gasteiger partial charge in [-0.1, -0.05) is 13.8 Å². The lowest BCUT2D eigenvalue weighted by molar-refractivity contribution is 0.117. The Kier molecular flexibility index (Phi) is 10.9. The van der Waals surface area contributed by atoms with Gasteiger partial charge in [0.1, 0.15) is 0 Å². The van der Waals surface area contributed by atoms with Crippen LogP contribution in [0.1, 0.15) is 33.1 Å². The van der Waals surface area contributed by atoms with Crippen LogP contribution < -0.4 is 5.32 Å². The standard InChI is InChI=1S/C11H25NO2/c1-11(2)12-7-6-10-14-9-5-4-8-13-3/h11-12H,4-10H2,1-3H3. The Labute approximate surface area is 88.2 Å². The quantitative estimate of drug-likeness (QED) is 0.549. The number of hydrogen-bond donors (Lipinski definition) is 1. The summed E-state index contributed by atoms with van der Waals surface area (Å²) in [6.45, 7) is 7.95. The first kappa shape index (κ1) is 13.9. The van der Waals surface area contributed by atoms with E-state index in [4.69, 9.17) is 9.47 Å². The molecular weight excluding hydrogens is 178 g/mol. The SMILES string of the molecule is COCCCCOCCCNC(C)C. The van der Waals surface area contributed by atoms with Crippen molar-refractivity contribution < 1.29 is 9.47 Å². The molecule has 0 fully saturated rings. The normalized spacial score (nSPS) is 11.1. The molecule has 0 aliphatic carbocycles. The van der Waals surface area contributed by atoms with Crippen LogP contribution in [-0.4, -0.2) is 39.5 Å². The molecule has 0 spiro atoms. The van der Waals surface area contributed by atoms with Crippen LogP contribution in [-0.2, 0) is 9.47 Å². The van der Waals surface area contributed by atoms with E-state index in [0.717, 1.165) is 45.6 Å². The summed E-state index contributed by atoms with van der Waals surface area (Å²) in [6.07, 6.45) is 3.30. The van der Waals surface area contributed by atoms with Gasteiger partial charge in [0.25, 0.3) is 0 Å². The Bertz CT molecular complexity index is 107. The van der Waals surface area contributed by atoms with Gasteiger partial charge in [-0.05, 0) is 25.8 Å². The van der Waals surface area contributed by atoms with E-state index in [1.54, 1.807) is 7.11 Å². The minimum absolute atomic E-state index is 0.580. The predicted octanol–water partition coefficient (Wildman–Crippen LogP) is 1.82. The van der Waals surface area contributed by atoms with Crippen LogP contribution in [0.2, 0.25) is 0 Å². The fourth-order valence-corrected chi connectivity index (χ4v) is 1.12. The molecule has 0 heterocycles. The van der Waals surface area contributed by atoms with Gasteiger partial charge < -0.3 is 14.8 Å². The summed E-state index contributed by atoms with van der Waals surface area (Å²) in [4.78, 5) is 0. The van der Waals surface area contributed by atoms with Gasteiger partial charge in [0.2, 0.25) is 0 Å². The molecule has 0 saturated carbocycles. The van der Waals surface area contributed by atoms with Crippen molar-refractivity contribution in [1.82, 2.24) is 5.32 Å². The highest BCUT2D eigenvalue weighted by molar-refractivity contribution is 4.51. The molecule has 0 atom stereocenters. The number of unbranched alkanes of at least 4 members (excludes halogenated alkanes) is 1. The largest absolute Gasteiger partial charge is 0.385 e. The van der Waals surface area contributed by atoms with Crippen molar-refractivity contribution in [3.05, 3.63) is 0 Å². The highest BCUT2D eigenvalue weighted by Crippen LogP contribution is 1.91. The zero-order valence-corrected chi connectivity index (χ0v) is 9.84. The molecule has 0 rings (SSSR count). The Hall–Kier alpha value is -0.120. The maximum absolute atomic E-state index is 5.47. The van der Waals surface area contributed by atoms with Gasteiger partial charge in [0, 0.05) is 33.0 Å². The van der Waals surface area contributed by atoms with Crippen molar-refractivity contribution in [3.63, 3.8) is 0 Å². The Morgan fingerprint density at radius 3 is 2.29 bits per heavy atom. The lowest BCUT2D eigenvalue weighted by Gasteiger charge is -2.08. The molecular formula is C11H25NO2. The van der Waals surface area contributed by atoms with E-state index in [2.05, 4.69) is 19.2 Å². The molecule has 0 bridgehead atoms. The number of methoxy groups -OCH3 is 1. The molecule has 14 heavy (non-hydrogen) atoms. The first-order valence-corrected chi connectivity index (χ1v) is 5.57. The molecule has 0 aromatic carbocycles. The molecule has 0 aromatic rings. The Morgan fingerprint density at radius 1 is 1.00 bits per heavy atom. The summed E-state index contributed by atoms with van der Waals surface area (Å²) < 4.78 is 10.4. The minimum atomic E-state index is 0.580. The zero-order valence-electron chi connectivity index (χ0n) is 9.84. The van der Waals surface area contributed by atoms with Crippen LogP contribution in [0.25, 0.3) is 0 Å². The van der Waals surface area contributed by atoms with Crippen LogP contribution in [0.5, 0.6) is 0 Å². The first-order chi connectivity index (χ1) is 6.77. The van der Waals surface area contributed by atoms with Crippen LogP contribution in [0.3, 0.4) is 0 Å². The van der Waals surface area contributed by atoms with E-state index < -0.39 is 0 Å². The summed E-state index contributed by atoms with van der Waals surface area (Å²) in [5, 5.41) is 3.36. The van der Waals surface area contributed by atoms with Crippen molar-refractivity contribution in [2.75, 3.05) is 33.5 Å². The van der Waals surface area contributed by atoms with E-state index in [1.807, 2.05) is 0 Å². The second kappa shape index (κ2) is 11.0. The molecule has 0 unspecified atom stereocenters. The second-order valence-electron chi connectivity index (χ2n) is 3.77. The lowest BCUT2D eigenvalue weighted by atomic mass is 10.3. The van der Waals surface area contributed by atoms with Crippen LogP contribution in [0, 0.1) is 0 Å². The summed E-state index contributed by atoms with van der Waals surface area (Å²) in [5.74, 6) is 0. The van der Waals surface area contributed by atoms with E-state index in [-0.39, 0.29) is 0 Å². The van der Waals surface area contributed by atoms with Crippen molar-refractivity contribution in [2.45, 2.75) is 39.2 Å². The lowest BCUT2D eigenvalue weighted by Crippen LogP contribution is -2.24. The third kappa shape index (κ3) is 11.9. The van der Waals surface area contributed by atoms with Gasteiger partial charge in [-0.3, -0.25) is 0 Å². The molecule has 86 valence electrons. The van der Waals surface area contributed by atoms with Gasteiger partial charge in [-0.25, -0.2) is 0 Å². The third-order valence-electron chi connectivity index (χ3n) is 1.91. The van der Waals surface area contributed by atoms with Gasteiger partial charge in [-0.15, -0.1) is 0 Å². The fourth-order valence-electron chi connectivity index (χ4n) is 1.12. The molecule has 0 aliphatic rings. The number of nitrogens with one attached hydrogen (secondary N) is 1. The summed E-state index contributed by atoms with van der Waals surface area (Å²) in [7, 11) is 1.73. The molecule has 0 radical (unpaired) electrons. The monoisotopic (exact) mass is 203 g/mol. The van der Waals surface area contributed by atoms with Gasteiger partial charge in [0.05, 0.1) is 0 Å². The zero-order chi connectivity index (χ0) is 10.6. The number of ether oxygens (including phenoxy) is 2. The number of rotatable bonds is 10. The molecule has 0 aliphatic heterocycles. The molecule has 0 saturated heterocycles. The molecule has 3 nitrogen and oxygen atoms in total. The van der Waals surface area contributed by atoms with Gasteiger partial charge in [-0.2, -0.15) is 0 Å². The summed E-state index contributed by atoms with van der Waals surface area (Å²) in [5.41, 5.74) is 0. The molecule has 0 aromatic heterocycles. The molecule has 1 N–H and O–H groups in total. The van der Waals surface area contributed by atoms with Crippen molar-refractivity contribution in [2.24, 2.45) is 0 Å². The molecule has 3 heteroatoms. The number of hydrogen-bond acceptors (Lipinski definition) is 3. The van der Waals surface area contributed by atoms with Crippen molar-refractivity contribution in [1.29, 1.82) is 0 Å². The highest BCUT2D eigenvalue weighted by Gasteiger charge is 1.92. The van der Waals surface area contributed by atoms with Crippen LogP contribution in [0.15, 0.2) is 0 Å². The average Bonchev–Trinajstić information content (AvgIpc) is 2.15. The topological polar surface area (TPSA) is 30.5 Å². The minimum Gasteiger partial charge on any atom is -0.385 e. The summed E-state index contributed by atoms with van der Waals surface area (Å²) >= 11 is 0. The smallest absolute Gasteiger partial charge is 0.0478 e. The van der Waals surface area contributed by atoms with E-state index in [9.17, 15) is 0 Å². The van der Waals surface area contributed by atoms with E-state index in [0.29, 0.717) is 6.04 Å². The van der Waals surface area contributed by atoms with E-state index >= 15 is 0 Å².